The van der Waals surface area contributed by atoms with Crippen LogP contribution in [0.5, 0.6) is 0 Å². The summed E-state index contributed by atoms with van der Waals surface area (Å²) in [6.45, 7) is 27.5. The molecule has 0 heterocycles. The topological polar surface area (TPSA) is 25.8 Å². The molecule has 0 amide bonds. The van der Waals surface area contributed by atoms with Crippen LogP contribution >= 0.6 is 0 Å². The Balaban J connectivity index is 0. The first-order valence-electron chi connectivity index (χ1n) is 8.31. The summed E-state index contributed by atoms with van der Waals surface area (Å²) in [7, 11) is 0. The molecule has 22 heavy (non-hydrogen) atoms. The van der Waals surface area contributed by atoms with E-state index < -0.39 is 5.54 Å². The van der Waals surface area contributed by atoms with Gasteiger partial charge < -0.3 is 14.5 Å². The van der Waals surface area contributed by atoms with Crippen LogP contribution in [0, 0.1) is 18.6 Å². The second-order valence-electron chi connectivity index (χ2n) is 7.06. The van der Waals surface area contributed by atoms with E-state index in [1.54, 1.807) is 6.92 Å². The lowest BCUT2D eigenvalue weighted by Crippen LogP contribution is -2.42. The van der Waals surface area contributed by atoms with Crippen LogP contribution < -0.4 is 0 Å². The summed E-state index contributed by atoms with van der Waals surface area (Å²) in [6, 6.07) is -0.110. The van der Waals surface area contributed by atoms with Gasteiger partial charge in [-0.25, -0.2) is 13.1 Å². The molecule has 1 atom stereocenters. The quantitative estimate of drug-likeness (QED) is 0.401. The maximum atomic E-state index is 10.5. The first-order valence-corrected chi connectivity index (χ1v) is 8.31. The van der Waals surface area contributed by atoms with Gasteiger partial charge in [0.1, 0.15) is 11.2 Å². The summed E-state index contributed by atoms with van der Waals surface area (Å²) in [4.78, 5) is 17.5. The van der Waals surface area contributed by atoms with Crippen molar-refractivity contribution in [3.05, 3.63) is 22.8 Å². The van der Waals surface area contributed by atoms with Crippen molar-refractivity contribution in [2.45, 2.75) is 98.6 Å². The van der Waals surface area contributed by atoms with E-state index in [4.69, 9.17) is 13.1 Å². The van der Waals surface area contributed by atoms with Gasteiger partial charge in [-0.05, 0) is 27.2 Å². The third-order valence-electron chi connectivity index (χ3n) is 4.73. The van der Waals surface area contributed by atoms with Crippen LogP contribution in [0.25, 0.3) is 9.69 Å². The predicted octanol–water partition coefficient (Wildman–Crippen LogP) is 5.95. The van der Waals surface area contributed by atoms with Crippen molar-refractivity contribution in [3.8, 4) is 0 Å². The van der Waals surface area contributed by atoms with Crippen LogP contribution in [0.4, 0.5) is 0 Å². The number of rotatable bonds is 8. The van der Waals surface area contributed by atoms with Crippen LogP contribution in [0.15, 0.2) is 0 Å². The number of Topliss-reactive ketones (excluding diaryl/α,β-unsaturated/α-hetero) is 1. The molecule has 126 valence electrons. The van der Waals surface area contributed by atoms with Gasteiger partial charge in [0, 0.05) is 27.2 Å². The molecule has 0 N–H and O–H groups in total. The largest absolute Gasteiger partial charge is 0.313 e. The zero-order valence-corrected chi connectivity index (χ0v) is 15.6. The van der Waals surface area contributed by atoms with Gasteiger partial charge in [-0.3, -0.25) is 0 Å². The number of nitrogens with zero attached hydrogens (tertiary/aromatic N) is 2. The summed E-state index contributed by atoms with van der Waals surface area (Å²) in [5.74, 6) is 0.330. The Labute approximate surface area is 138 Å². The van der Waals surface area contributed by atoms with Crippen LogP contribution in [0.1, 0.15) is 87.0 Å². The summed E-state index contributed by atoms with van der Waals surface area (Å²) in [6.07, 6.45) is 6.99. The van der Waals surface area contributed by atoms with E-state index in [0.29, 0.717) is 5.78 Å². The second kappa shape index (κ2) is 11.2. The molecule has 0 aromatic carbocycles. The molecule has 0 spiro atoms. The van der Waals surface area contributed by atoms with Gasteiger partial charge in [-0.1, -0.05) is 32.6 Å². The lowest BCUT2D eigenvalue weighted by atomic mass is 9.70. The van der Waals surface area contributed by atoms with Crippen LogP contribution in [0.3, 0.4) is 0 Å². The molecule has 3 nitrogen and oxygen atoms in total. The molecule has 0 saturated carbocycles. The molecule has 0 aliphatic heterocycles. The standard InChI is InChI=1S/C10H16N2.C9H18O/c1-8(11-6)9(2,3)10(4,5)12-7;1-3-4-5-6-7-8-9(2)10/h8H,1-5H3;3-8H2,1-2H3. The van der Waals surface area contributed by atoms with Crippen molar-refractivity contribution in [2.24, 2.45) is 5.41 Å². The zero-order chi connectivity index (χ0) is 17.8. The van der Waals surface area contributed by atoms with Crippen molar-refractivity contribution >= 4 is 5.78 Å². The van der Waals surface area contributed by atoms with Crippen LogP contribution in [0.2, 0.25) is 0 Å². The van der Waals surface area contributed by atoms with Gasteiger partial charge in [-0.2, -0.15) is 0 Å². The number of hydrogen-bond acceptors (Lipinski definition) is 1. The fourth-order valence-electron chi connectivity index (χ4n) is 1.79. The molecule has 0 aliphatic carbocycles. The monoisotopic (exact) mass is 306 g/mol. The minimum atomic E-state index is -0.461. The lowest BCUT2D eigenvalue weighted by molar-refractivity contribution is -0.117. The Bertz CT molecular complexity index is 397. The van der Waals surface area contributed by atoms with Crippen molar-refractivity contribution in [3.63, 3.8) is 0 Å². The first kappa shape index (κ1) is 22.9. The summed E-state index contributed by atoms with van der Waals surface area (Å²) < 4.78 is 0. The third kappa shape index (κ3) is 8.83. The van der Waals surface area contributed by atoms with E-state index in [1.807, 2.05) is 34.6 Å². The van der Waals surface area contributed by atoms with Crippen molar-refractivity contribution in [2.75, 3.05) is 0 Å². The first-order chi connectivity index (χ1) is 10.1. The Morgan fingerprint density at radius 3 is 1.91 bits per heavy atom. The van der Waals surface area contributed by atoms with Crippen LogP contribution in [-0.4, -0.2) is 17.4 Å². The minimum absolute atomic E-state index is 0.110. The van der Waals surface area contributed by atoms with E-state index in [-0.39, 0.29) is 11.5 Å². The van der Waals surface area contributed by atoms with Gasteiger partial charge in [-0.15, -0.1) is 0 Å². The van der Waals surface area contributed by atoms with E-state index >= 15 is 0 Å². The van der Waals surface area contributed by atoms with Crippen molar-refractivity contribution in [1.82, 2.24) is 0 Å². The summed E-state index contributed by atoms with van der Waals surface area (Å²) in [5.41, 5.74) is -0.715. The molecule has 0 rings (SSSR count). The van der Waals surface area contributed by atoms with E-state index in [2.05, 4.69) is 16.6 Å². The molecular weight excluding hydrogens is 272 g/mol. The molecule has 0 aromatic heterocycles. The summed E-state index contributed by atoms with van der Waals surface area (Å²) in [5, 5.41) is 0. The van der Waals surface area contributed by atoms with Gasteiger partial charge in [0.15, 0.2) is 0 Å². The number of carbonyl (C=O) groups is 1. The Kier molecular flexibility index (Phi) is 11.7. The second-order valence-corrected chi connectivity index (χ2v) is 7.06. The molecule has 0 aromatic rings. The van der Waals surface area contributed by atoms with Gasteiger partial charge in [0.25, 0.3) is 0 Å². The Morgan fingerprint density at radius 1 is 1.05 bits per heavy atom. The van der Waals surface area contributed by atoms with Crippen molar-refractivity contribution < 1.29 is 4.79 Å². The highest BCUT2D eigenvalue weighted by molar-refractivity contribution is 5.75. The highest BCUT2D eigenvalue weighted by Crippen LogP contribution is 2.38. The average molecular weight is 306 g/mol. The number of unbranched alkanes of at least 4 members (excludes halogenated alkanes) is 4. The molecule has 0 bridgehead atoms. The predicted molar refractivity (Wildman–Crippen MR) is 94.6 cm³/mol. The lowest BCUT2D eigenvalue weighted by Gasteiger charge is -2.30. The van der Waals surface area contributed by atoms with Gasteiger partial charge in [0.2, 0.25) is 11.6 Å². The highest BCUT2D eigenvalue weighted by Gasteiger charge is 2.50. The molecule has 0 fully saturated rings. The molecule has 0 saturated heterocycles. The molecular formula is C19H34N2O. The number of ketones is 1. The van der Waals surface area contributed by atoms with Crippen LogP contribution in [-0.2, 0) is 4.79 Å². The molecule has 0 radical (unpaired) electrons. The summed E-state index contributed by atoms with van der Waals surface area (Å²) >= 11 is 0. The average Bonchev–Trinajstić information content (AvgIpc) is 2.46. The third-order valence-corrected chi connectivity index (χ3v) is 4.73. The van der Waals surface area contributed by atoms with E-state index in [1.165, 1.54) is 25.7 Å². The molecule has 1 unspecified atom stereocenters. The zero-order valence-electron chi connectivity index (χ0n) is 15.6. The molecule has 3 heteroatoms. The maximum Gasteiger partial charge on any atom is 0.239 e. The number of hydrogen-bond donors (Lipinski definition) is 0. The molecule has 0 aliphatic rings. The smallest absolute Gasteiger partial charge is 0.239 e. The maximum absolute atomic E-state index is 10.5. The number of carbonyl (C=O) groups excluding carboxylic acids is 1. The Morgan fingerprint density at radius 2 is 1.55 bits per heavy atom. The fraction of sp³-hybridized carbons (Fsp3) is 0.842. The van der Waals surface area contributed by atoms with E-state index in [9.17, 15) is 4.79 Å². The normalized spacial score (nSPS) is 12.4. The van der Waals surface area contributed by atoms with Gasteiger partial charge >= 0.3 is 0 Å². The highest BCUT2D eigenvalue weighted by atomic mass is 16.1. The minimum Gasteiger partial charge on any atom is -0.313 e. The van der Waals surface area contributed by atoms with Gasteiger partial charge in [0.05, 0.1) is 0 Å². The SMILES string of the molecule is CCCCCCCC(C)=O.[C-]#[N+]C(C)C(C)(C)C(C)(C)[N+]#[C-]. The van der Waals surface area contributed by atoms with E-state index in [0.717, 1.165) is 12.8 Å². The fourth-order valence-corrected chi connectivity index (χ4v) is 1.79. The Hall–Kier alpha value is -1.35. The van der Waals surface area contributed by atoms with Crippen molar-refractivity contribution in [1.29, 1.82) is 0 Å².